The third kappa shape index (κ3) is 3.73. The molecule has 0 radical (unpaired) electrons. The summed E-state index contributed by atoms with van der Waals surface area (Å²) in [5.41, 5.74) is 0.976. The molecule has 0 aliphatic rings. The van der Waals surface area contributed by atoms with Gasteiger partial charge in [-0.15, -0.1) is 5.10 Å². The van der Waals surface area contributed by atoms with Crippen molar-refractivity contribution in [2.75, 3.05) is 19.0 Å². The predicted octanol–water partition coefficient (Wildman–Crippen LogP) is 3.25. The first-order chi connectivity index (χ1) is 8.79. The maximum absolute atomic E-state index is 5.84. The highest BCUT2D eigenvalue weighted by atomic mass is 35.5. The molecule has 1 aromatic heterocycles. The summed E-state index contributed by atoms with van der Waals surface area (Å²) in [6.45, 7) is 3.44. The molecule has 0 atom stereocenters. The SMILES string of the molecule is CCOCCSc1n[nH]c(-c2ccc(Cl)cc2)n1. The minimum atomic E-state index is 0.713. The van der Waals surface area contributed by atoms with Crippen LogP contribution in [0.1, 0.15) is 6.92 Å². The van der Waals surface area contributed by atoms with Crippen molar-refractivity contribution in [3.63, 3.8) is 0 Å². The lowest BCUT2D eigenvalue weighted by atomic mass is 10.2. The molecule has 1 aromatic carbocycles. The molecule has 0 aliphatic heterocycles. The van der Waals surface area contributed by atoms with Crippen LogP contribution in [0.3, 0.4) is 0 Å². The summed E-state index contributed by atoms with van der Waals surface area (Å²) in [6, 6.07) is 7.50. The monoisotopic (exact) mass is 283 g/mol. The van der Waals surface area contributed by atoms with Crippen molar-refractivity contribution >= 4 is 23.4 Å². The van der Waals surface area contributed by atoms with Crippen molar-refractivity contribution in [3.05, 3.63) is 29.3 Å². The Morgan fingerprint density at radius 1 is 1.33 bits per heavy atom. The van der Waals surface area contributed by atoms with E-state index in [9.17, 15) is 0 Å². The second-order valence-corrected chi connectivity index (χ2v) is 5.02. The van der Waals surface area contributed by atoms with E-state index in [1.165, 1.54) is 0 Å². The molecule has 0 aliphatic carbocycles. The van der Waals surface area contributed by atoms with Crippen LogP contribution in [0.5, 0.6) is 0 Å². The molecule has 0 saturated carbocycles. The van der Waals surface area contributed by atoms with Gasteiger partial charge >= 0.3 is 0 Å². The van der Waals surface area contributed by atoms with Crippen LogP contribution in [-0.2, 0) is 4.74 Å². The largest absolute Gasteiger partial charge is 0.381 e. The predicted molar refractivity (Wildman–Crippen MR) is 74.0 cm³/mol. The van der Waals surface area contributed by atoms with Gasteiger partial charge < -0.3 is 4.74 Å². The van der Waals surface area contributed by atoms with Gasteiger partial charge in [-0.2, -0.15) is 0 Å². The highest BCUT2D eigenvalue weighted by Gasteiger charge is 2.05. The Balaban J connectivity index is 1.95. The molecule has 1 N–H and O–H groups in total. The normalized spacial score (nSPS) is 10.8. The topological polar surface area (TPSA) is 50.8 Å². The number of aromatic nitrogens is 3. The number of benzene rings is 1. The van der Waals surface area contributed by atoms with Gasteiger partial charge in [0, 0.05) is 22.9 Å². The number of ether oxygens (including phenoxy) is 1. The van der Waals surface area contributed by atoms with Crippen molar-refractivity contribution in [3.8, 4) is 11.4 Å². The zero-order chi connectivity index (χ0) is 12.8. The summed E-state index contributed by atoms with van der Waals surface area (Å²) in [5.74, 6) is 1.61. The maximum Gasteiger partial charge on any atom is 0.208 e. The lowest BCUT2D eigenvalue weighted by molar-refractivity contribution is 0.164. The molecular weight excluding hydrogens is 270 g/mol. The van der Waals surface area contributed by atoms with E-state index < -0.39 is 0 Å². The van der Waals surface area contributed by atoms with Crippen LogP contribution in [0.25, 0.3) is 11.4 Å². The van der Waals surface area contributed by atoms with Crippen LogP contribution >= 0.6 is 23.4 Å². The number of hydrogen-bond donors (Lipinski definition) is 1. The van der Waals surface area contributed by atoms with E-state index in [-0.39, 0.29) is 0 Å². The Morgan fingerprint density at radius 2 is 2.11 bits per heavy atom. The van der Waals surface area contributed by atoms with Crippen LogP contribution in [0, 0.1) is 0 Å². The van der Waals surface area contributed by atoms with Gasteiger partial charge in [0.1, 0.15) is 0 Å². The zero-order valence-corrected chi connectivity index (χ0v) is 11.6. The molecule has 0 fully saturated rings. The van der Waals surface area contributed by atoms with Gasteiger partial charge in [-0.3, -0.25) is 5.10 Å². The maximum atomic E-state index is 5.84. The summed E-state index contributed by atoms with van der Waals surface area (Å²) in [6.07, 6.45) is 0. The fourth-order valence-corrected chi connectivity index (χ4v) is 2.16. The molecule has 2 rings (SSSR count). The molecule has 0 spiro atoms. The first-order valence-corrected chi connectivity index (χ1v) is 7.05. The first kappa shape index (κ1) is 13.4. The number of aromatic amines is 1. The number of thioether (sulfide) groups is 1. The van der Waals surface area contributed by atoms with Gasteiger partial charge in [0.25, 0.3) is 0 Å². The number of nitrogens with one attached hydrogen (secondary N) is 1. The minimum Gasteiger partial charge on any atom is -0.381 e. The van der Waals surface area contributed by atoms with Gasteiger partial charge in [-0.1, -0.05) is 23.4 Å². The number of rotatable bonds is 6. The van der Waals surface area contributed by atoms with Crippen LogP contribution < -0.4 is 0 Å². The van der Waals surface area contributed by atoms with E-state index in [1.54, 1.807) is 11.8 Å². The number of nitrogens with zero attached hydrogens (tertiary/aromatic N) is 2. The van der Waals surface area contributed by atoms with E-state index in [2.05, 4.69) is 15.2 Å². The number of halogens is 1. The molecule has 0 unspecified atom stereocenters. The molecular formula is C12H14ClN3OS. The van der Waals surface area contributed by atoms with Gasteiger partial charge in [-0.05, 0) is 31.2 Å². The minimum absolute atomic E-state index is 0.713. The molecule has 1 heterocycles. The van der Waals surface area contributed by atoms with Crippen molar-refractivity contribution in [2.24, 2.45) is 0 Å². The summed E-state index contributed by atoms with van der Waals surface area (Å²) in [4.78, 5) is 4.41. The standard InChI is InChI=1S/C12H14ClN3OS/c1-2-17-7-8-18-12-14-11(15-16-12)9-3-5-10(13)6-4-9/h3-6H,2,7-8H2,1H3,(H,14,15,16). The third-order valence-corrected chi connectivity index (χ3v) is 3.31. The summed E-state index contributed by atoms with van der Waals surface area (Å²) in [7, 11) is 0. The van der Waals surface area contributed by atoms with E-state index >= 15 is 0 Å². The fourth-order valence-electron chi connectivity index (χ4n) is 1.38. The summed E-state index contributed by atoms with van der Waals surface area (Å²) < 4.78 is 5.26. The van der Waals surface area contributed by atoms with Crippen LogP contribution in [-0.4, -0.2) is 34.1 Å². The lowest BCUT2D eigenvalue weighted by Crippen LogP contribution is -1.96. The lowest BCUT2D eigenvalue weighted by Gasteiger charge is -1.97. The van der Waals surface area contributed by atoms with Gasteiger partial charge in [-0.25, -0.2) is 4.98 Å². The van der Waals surface area contributed by atoms with Crippen molar-refractivity contribution in [1.29, 1.82) is 0 Å². The quantitative estimate of drug-likeness (QED) is 0.653. The third-order valence-electron chi connectivity index (χ3n) is 2.25. The van der Waals surface area contributed by atoms with Crippen molar-refractivity contribution in [2.45, 2.75) is 12.1 Å². The Bertz CT molecular complexity index is 486. The summed E-state index contributed by atoms with van der Waals surface area (Å²) >= 11 is 7.41. The molecule has 96 valence electrons. The molecule has 0 bridgehead atoms. The molecule has 0 amide bonds. The molecule has 6 heteroatoms. The highest BCUT2D eigenvalue weighted by molar-refractivity contribution is 7.99. The van der Waals surface area contributed by atoms with Crippen LogP contribution in [0.2, 0.25) is 5.02 Å². The molecule has 4 nitrogen and oxygen atoms in total. The average molecular weight is 284 g/mol. The van der Waals surface area contributed by atoms with E-state index in [0.29, 0.717) is 11.6 Å². The van der Waals surface area contributed by atoms with Crippen molar-refractivity contribution in [1.82, 2.24) is 15.2 Å². The van der Waals surface area contributed by atoms with E-state index in [0.717, 1.165) is 28.9 Å². The first-order valence-electron chi connectivity index (χ1n) is 5.68. The Kier molecular flexibility index (Phi) is 5.04. The van der Waals surface area contributed by atoms with E-state index in [1.807, 2.05) is 31.2 Å². The number of hydrogen-bond acceptors (Lipinski definition) is 4. The molecule has 18 heavy (non-hydrogen) atoms. The summed E-state index contributed by atoms with van der Waals surface area (Å²) in [5, 5.41) is 8.52. The van der Waals surface area contributed by atoms with Crippen LogP contribution in [0.15, 0.2) is 29.4 Å². The smallest absolute Gasteiger partial charge is 0.208 e. The van der Waals surface area contributed by atoms with Crippen LogP contribution in [0.4, 0.5) is 0 Å². The van der Waals surface area contributed by atoms with Gasteiger partial charge in [0.15, 0.2) is 5.82 Å². The average Bonchev–Trinajstić information content (AvgIpc) is 2.84. The second-order valence-electron chi connectivity index (χ2n) is 3.52. The van der Waals surface area contributed by atoms with Gasteiger partial charge in [0.05, 0.1) is 6.61 Å². The highest BCUT2D eigenvalue weighted by Crippen LogP contribution is 2.20. The second kappa shape index (κ2) is 6.78. The van der Waals surface area contributed by atoms with E-state index in [4.69, 9.17) is 16.3 Å². The fraction of sp³-hybridized carbons (Fsp3) is 0.333. The Hall–Kier alpha value is -1.04. The Morgan fingerprint density at radius 3 is 2.83 bits per heavy atom. The molecule has 0 saturated heterocycles. The van der Waals surface area contributed by atoms with Crippen molar-refractivity contribution < 1.29 is 4.74 Å². The molecule has 2 aromatic rings. The number of H-pyrrole nitrogens is 1. The van der Waals surface area contributed by atoms with Gasteiger partial charge in [0.2, 0.25) is 5.16 Å². The zero-order valence-electron chi connectivity index (χ0n) is 10.0. The Labute approximate surface area is 115 Å².